The summed E-state index contributed by atoms with van der Waals surface area (Å²) in [6.45, 7) is -0.211. The molecule has 1 N–H and O–H groups in total. The van der Waals surface area contributed by atoms with Gasteiger partial charge in [-0.3, -0.25) is 4.79 Å². The molecule has 1 amide bonds. The Morgan fingerprint density at radius 3 is 2.51 bits per heavy atom. The van der Waals surface area contributed by atoms with Gasteiger partial charge in [-0.15, -0.1) is 11.8 Å². The molecule has 0 saturated heterocycles. The number of benzene rings is 3. The maximum atomic E-state index is 13.1. The first-order valence-electron chi connectivity index (χ1n) is 10.5. The summed E-state index contributed by atoms with van der Waals surface area (Å²) in [5, 5.41) is 2.80. The van der Waals surface area contributed by atoms with Crippen LogP contribution in [-0.2, 0) is 12.8 Å². The number of alkyl halides is 3. The van der Waals surface area contributed by atoms with Crippen LogP contribution in [0.1, 0.15) is 21.5 Å². The van der Waals surface area contributed by atoms with Crippen molar-refractivity contribution in [1.29, 1.82) is 0 Å². The number of nitrogens with one attached hydrogen (secondary N) is 1. The zero-order valence-corrected chi connectivity index (χ0v) is 19.4. The zero-order chi connectivity index (χ0) is 24.8. The van der Waals surface area contributed by atoms with E-state index < -0.39 is 17.6 Å². The summed E-state index contributed by atoms with van der Waals surface area (Å²) >= 11 is 1.54. The van der Waals surface area contributed by atoms with E-state index >= 15 is 0 Å². The Bertz CT molecular complexity index is 1330. The highest BCUT2D eigenvalue weighted by Crippen LogP contribution is 2.30. The predicted octanol–water partition coefficient (Wildman–Crippen LogP) is 6.72. The number of ether oxygens (including phenoxy) is 1. The Hall–Kier alpha value is -3.85. The SMILES string of the molecule is CSc1cccc(NC(=O)c2cnc(-c3ccccc3)nc2OCc2cccc(C(F)(F)F)c2)c1. The molecule has 5 nitrogen and oxygen atoms in total. The summed E-state index contributed by atoms with van der Waals surface area (Å²) in [4.78, 5) is 22.7. The molecule has 178 valence electrons. The second-order valence-electron chi connectivity index (χ2n) is 7.45. The standard InChI is InChI=1S/C26H20F3N3O2S/c1-35-21-12-6-11-20(14-21)31-24(33)22-15-30-23(18-8-3-2-4-9-18)32-25(22)34-16-17-7-5-10-19(13-17)26(27,28)29/h2-15H,16H2,1H3,(H,31,33). The third-order valence-electron chi connectivity index (χ3n) is 4.99. The predicted molar refractivity (Wildman–Crippen MR) is 129 cm³/mol. The van der Waals surface area contributed by atoms with Crippen molar-refractivity contribution in [2.45, 2.75) is 17.7 Å². The van der Waals surface area contributed by atoms with Crippen LogP contribution in [0.2, 0.25) is 0 Å². The Morgan fingerprint density at radius 2 is 1.77 bits per heavy atom. The molecule has 1 aromatic heterocycles. The number of hydrogen-bond acceptors (Lipinski definition) is 5. The molecule has 4 rings (SSSR count). The van der Waals surface area contributed by atoms with Gasteiger partial charge in [0.05, 0.1) is 5.56 Å². The number of thioether (sulfide) groups is 1. The summed E-state index contributed by atoms with van der Waals surface area (Å²) in [5.74, 6) is -0.206. The molecule has 0 saturated carbocycles. The molecule has 0 unspecified atom stereocenters. The molecule has 0 radical (unpaired) electrons. The number of halogens is 3. The van der Waals surface area contributed by atoms with Gasteiger partial charge in [0.2, 0.25) is 5.88 Å². The lowest BCUT2D eigenvalue weighted by atomic mass is 10.1. The van der Waals surface area contributed by atoms with E-state index in [1.54, 1.807) is 18.2 Å². The summed E-state index contributed by atoms with van der Waals surface area (Å²) in [5.41, 5.74) is 0.858. The van der Waals surface area contributed by atoms with Crippen LogP contribution in [0.5, 0.6) is 5.88 Å². The lowest BCUT2D eigenvalue weighted by Gasteiger charge is -2.13. The van der Waals surface area contributed by atoms with Crippen molar-refractivity contribution in [3.8, 4) is 17.3 Å². The minimum Gasteiger partial charge on any atom is -0.472 e. The maximum absolute atomic E-state index is 13.1. The Balaban J connectivity index is 1.64. The smallest absolute Gasteiger partial charge is 0.416 e. The van der Waals surface area contributed by atoms with E-state index in [4.69, 9.17) is 4.74 Å². The average molecular weight is 496 g/mol. The quantitative estimate of drug-likeness (QED) is 0.289. The van der Waals surface area contributed by atoms with E-state index in [1.165, 1.54) is 30.1 Å². The Kier molecular flexibility index (Phi) is 7.36. The largest absolute Gasteiger partial charge is 0.472 e. The van der Waals surface area contributed by atoms with Gasteiger partial charge < -0.3 is 10.1 Å². The number of carbonyl (C=O) groups excluding carboxylic acids is 1. The lowest BCUT2D eigenvalue weighted by Crippen LogP contribution is -2.15. The highest BCUT2D eigenvalue weighted by Gasteiger charge is 2.30. The lowest BCUT2D eigenvalue weighted by molar-refractivity contribution is -0.137. The summed E-state index contributed by atoms with van der Waals surface area (Å²) in [7, 11) is 0. The van der Waals surface area contributed by atoms with Crippen LogP contribution in [0, 0.1) is 0 Å². The van der Waals surface area contributed by atoms with Gasteiger partial charge in [-0.25, -0.2) is 4.98 Å². The van der Waals surface area contributed by atoms with Gasteiger partial charge in [0.15, 0.2) is 5.82 Å². The summed E-state index contributed by atoms with van der Waals surface area (Å²) < 4.78 is 45.0. The van der Waals surface area contributed by atoms with E-state index in [0.29, 0.717) is 22.6 Å². The van der Waals surface area contributed by atoms with E-state index in [1.807, 2.05) is 42.7 Å². The molecule has 0 aliphatic rings. The van der Waals surface area contributed by atoms with Crippen LogP contribution < -0.4 is 10.1 Å². The van der Waals surface area contributed by atoms with Gasteiger partial charge in [-0.2, -0.15) is 18.2 Å². The van der Waals surface area contributed by atoms with Crippen molar-refractivity contribution >= 4 is 23.4 Å². The molecule has 0 aliphatic carbocycles. The first kappa shape index (κ1) is 24.3. The summed E-state index contributed by atoms with van der Waals surface area (Å²) in [6, 6.07) is 21.2. The van der Waals surface area contributed by atoms with Gasteiger partial charge in [0, 0.05) is 22.3 Å². The molecule has 0 spiro atoms. The van der Waals surface area contributed by atoms with Crippen LogP contribution in [0.15, 0.2) is 90.0 Å². The highest BCUT2D eigenvalue weighted by molar-refractivity contribution is 7.98. The van der Waals surface area contributed by atoms with Gasteiger partial charge in [-0.05, 0) is 42.2 Å². The number of nitrogens with zero attached hydrogens (tertiary/aromatic N) is 2. The average Bonchev–Trinajstić information content (AvgIpc) is 2.87. The van der Waals surface area contributed by atoms with E-state index in [2.05, 4.69) is 15.3 Å². The maximum Gasteiger partial charge on any atom is 0.416 e. The van der Waals surface area contributed by atoms with Crippen molar-refractivity contribution in [1.82, 2.24) is 9.97 Å². The van der Waals surface area contributed by atoms with Crippen LogP contribution in [0.25, 0.3) is 11.4 Å². The van der Waals surface area contributed by atoms with Gasteiger partial charge >= 0.3 is 6.18 Å². The third-order valence-corrected chi connectivity index (χ3v) is 5.71. The number of anilines is 1. The van der Waals surface area contributed by atoms with Crippen molar-refractivity contribution in [2.24, 2.45) is 0 Å². The van der Waals surface area contributed by atoms with Crippen molar-refractivity contribution < 1.29 is 22.7 Å². The molecular weight excluding hydrogens is 475 g/mol. The van der Waals surface area contributed by atoms with Gasteiger partial charge in [0.1, 0.15) is 12.2 Å². The molecule has 0 aliphatic heterocycles. The molecular formula is C26H20F3N3O2S. The number of hydrogen-bond donors (Lipinski definition) is 1. The normalized spacial score (nSPS) is 11.2. The third kappa shape index (κ3) is 6.19. The number of aromatic nitrogens is 2. The molecule has 1 heterocycles. The van der Waals surface area contributed by atoms with Crippen LogP contribution >= 0.6 is 11.8 Å². The number of carbonyl (C=O) groups is 1. The molecule has 4 aromatic rings. The molecule has 0 fully saturated rings. The fourth-order valence-corrected chi connectivity index (χ4v) is 3.71. The molecule has 3 aromatic carbocycles. The molecule has 0 bridgehead atoms. The fourth-order valence-electron chi connectivity index (χ4n) is 3.25. The van der Waals surface area contributed by atoms with Crippen molar-refractivity contribution in [3.63, 3.8) is 0 Å². The monoisotopic (exact) mass is 495 g/mol. The Labute approximate surface area is 204 Å². The Morgan fingerprint density at radius 1 is 1.00 bits per heavy atom. The van der Waals surface area contributed by atoms with Crippen LogP contribution in [0.3, 0.4) is 0 Å². The first-order valence-corrected chi connectivity index (χ1v) is 11.7. The molecule has 0 atom stereocenters. The van der Waals surface area contributed by atoms with Crippen LogP contribution in [-0.4, -0.2) is 22.1 Å². The van der Waals surface area contributed by atoms with Crippen molar-refractivity contribution in [2.75, 3.05) is 11.6 Å². The fraction of sp³-hybridized carbons (Fsp3) is 0.115. The molecule has 9 heteroatoms. The minimum absolute atomic E-state index is 0.0326. The number of rotatable bonds is 7. The zero-order valence-electron chi connectivity index (χ0n) is 18.5. The second-order valence-corrected chi connectivity index (χ2v) is 8.33. The van der Waals surface area contributed by atoms with Crippen LogP contribution in [0.4, 0.5) is 18.9 Å². The van der Waals surface area contributed by atoms with E-state index in [0.717, 1.165) is 17.0 Å². The minimum atomic E-state index is -4.47. The summed E-state index contributed by atoms with van der Waals surface area (Å²) in [6.07, 6.45) is -1.19. The molecule has 35 heavy (non-hydrogen) atoms. The van der Waals surface area contributed by atoms with Gasteiger partial charge in [-0.1, -0.05) is 48.5 Å². The van der Waals surface area contributed by atoms with E-state index in [9.17, 15) is 18.0 Å². The topological polar surface area (TPSA) is 64.1 Å². The second kappa shape index (κ2) is 10.6. The van der Waals surface area contributed by atoms with E-state index in [-0.39, 0.29) is 18.1 Å². The van der Waals surface area contributed by atoms with Gasteiger partial charge in [0.25, 0.3) is 5.91 Å². The number of amides is 1. The first-order chi connectivity index (χ1) is 16.8. The van der Waals surface area contributed by atoms with Crippen molar-refractivity contribution in [3.05, 3.63) is 102 Å². The highest BCUT2D eigenvalue weighted by atomic mass is 32.2.